The van der Waals surface area contributed by atoms with Crippen LogP contribution in [0.4, 0.5) is 0 Å². The van der Waals surface area contributed by atoms with E-state index in [2.05, 4.69) is 123 Å². The molecule has 0 aliphatic heterocycles. The van der Waals surface area contributed by atoms with Gasteiger partial charge in [-0.25, -0.2) is 0 Å². The maximum absolute atomic E-state index is 2.31. The lowest BCUT2D eigenvalue weighted by Gasteiger charge is -1.93. The molecule has 176 valence electrons. The fourth-order valence-corrected chi connectivity index (χ4v) is 8.40. The lowest BCUT2D eigenvalue weighted by atomic mass is 10.1. The summed E-state index contributed by atoms with van der Waals surface area (Å²) in [7, 11) is 0. The van der Waals surface area contributed by atoms with Crippen molar-refractivity contribution in [2.45, 2.75) is 13.8 Å². The van der Waals surface area contributed by atoms with Crippen LogP contribution in [0.15, 0.2) is 72.8 Å². The molecule has 6 aromatic rings. The second kappa shape index (κ2) is 10.2. The first-order chi connectivity index (χ1) is 17.6. The van der Waals surface area contributed by atoms with Crippen LogP contribution >= 0.6 is 45.3 Å². The summed E-state index contributed by atoms with van der Waals surface area (Å²) in [5.74, 6) is 0. The maximum Gasteiger partial charge on any atom is 0.0463 e. The molecule has 4 aromatic heterocycles. The molecule has 2 aromatic carbocycles. The minimum atomic E-state index is 1.24. The lowest BCUT2D eigenvalue weighted by Crippen LogP contribution is -1.72. The molecule has 4 heterocycles. The zero-order valence-corrected chi connectivity index (χ0v) is 23.3. The van der Waals surface area contributed by atoms with Gasteiger partial charge in [0.05, 0.1) is 0 Å². The fourth-order valence-electron chi connectivity index (χ4n) is 3.95. The number of hydrogen-bond donors (Lipinski definition) is 0. The van der Waals surface area contributed by atoms with Crippen LogP contribution in [-0.4, -0.2) is 0 Å². The van der Waals surface area contributed by atoms with Crippen LogP contribution in [0.2, 0.25) is 0 Å². The molecule has 0 aliphatic carbocycles. The highest BCUT2D eigenvalue weighted by molar-refractivity contribution is 7.29. The smallest absolute Gasteiger partial charge is 0.0463 e. The van der Waals surface area contributed by atoms with E-state index in [-0.39, 0.29) is 0 Å². The molecule has 0 nitrogen and oxygen atoms in total. The molecule has 0 spiro atoms. The van der Waals surface area contributed by atoms with Crippen molar-refractivity contribution in [3.63, 3.8) is 0 Å². The largest absolute Gasteiger partial charge is 0.135 e. The fraction of sp³-hybridized carbons (Fsp3) is 0.0625. The van der Waals surface area contributed by atoms with Crippen molar-refractivity contribution in [2.75, 3.05) is 0 Å². The van der Waals surface area contributed by atoms with Gasteiger partial charge in [0.25, 0.3) is 0 Å². The molecule has 0 amide bonds. The van der Waals surface area contributed by atoms with Crippen LogP contribution in [0, 0.1) is 13.8 Å². The Hall–Kier alpha value is -3.02. The van der Waals surface area contributed by atoms with Crippen molar-refractivity contribution in [3.05, 3.63) is 115 Å². The number of fused-ring (bicyclic) bond motifs is 2. The van der Waals surface area contributed by atoms with Crippen LogP contribution in [0.1, 0.15) is 41.8 Å². The number of hydrogen-bond acceptors (Lipinski definition) is 4. The van der Waals surface area contributed by atoms with Gasteiger partial charge in [0.1, 0.15) is 0 Å². The zero-order chi connectivity index (χ0) is 24.5. The van der Waals surface area contributed by atoms with Gasteiger partial charge in [-0.2, -0.15) is 0 Å². The van der Waals surface area contributed by atoms with Gasteiger partial charge in [0, 0.05) is 38.3 Å². The Kier molecular flexibility index (Phi) is 6.60. The Morgan fingerprint density at radius 3 is 0.972 bits per heavy atom. The van der Waals surface area contributed by atoms with Crippen LogP contribution in [-0.2, 0) is 0 Å². The Morgan fingerprint density at radius 1 is 0.389 bits per heavy atom. The molecule has 36 heavy (non-hydrogen) atoms. The highest BCUT2D eigenvalue weighted by Gasteiger charge is 2.06. The Morgan fingerprint density at radius 2 is 0.667 bits per heavy atom. The zero-order valence-electron chi connectivity index (χ0n) is 20.0. The van der Waals surface area contributed by atoms with Gasteiger partial charge in [-0.15, -0.1) is 45.3 Å². The molecule has 4 heteroatoms. The van der Waals surface area contributed by atoms with E-state index in [4.69, 9.17) is 0 Å². The highest BCUT2D eigenvalue weighted by Crippen LogP contribution is 2.37. The van der Waals surface area contributed by atoms with Gasteiger partial charge in [-0.05, 0) is 73.5 Å². The van der Waals surface area contributed by atoms with Crippen molar-refractivity contribution < 1.29 is 0 Å². The topological polar surface area (TPSA) is 0 Å². The van der Waals surface area contributed by atoms with Gasteiger partial charge in [-0.1, -0.05) is 71.8 Å². The Bertz CT molecular complexity index is 1530. The predicted molar refractivity (Wildman–Crippen MR) is 169 cm³/mol. The van der Waals surface area contributed by atoms with Gasteiger partial charge < -0.3 is 0 Å². The molecular weight excluding hydrogens is 513 g/mol. The summed E-state index contributed by atoms with van der Waals surface area (Å²) in [6.07, 6.45) is 13.4. The number of benzene rings is 2. The molecule has 0 N–H and O–H groups in total. The van der Waals surface area contributed by atoms with Gasteiger partial charge in [0.15, 0.2) is 0 Å². The summed E-state index contributed by atoms with van der Waals surface area (Å²) in [4.78, 5) is 5.23. The van der Waals surface area contributed by atoms with E-state index >= 15 is 0 Å². The highest BCUT2D eigenvalue weighted by atomic mass is 32.1. The third-order valence-electron chi connectivity index (χ3n) is 5.94. The van der Waals surface area contributed by atoms with E-state index < -0.39 is 0 Å². The standard InChI is InChI=1S/C32H24S4/c1-21-3-7-23(8-4-21)11-13-25-17-29-31(33-25)19-27(35-29)15-16-28-20-32-30(36-28)18-26(34-32)14-12-24-9-5-22(2)6-10-24/h3-20H,1-2H3/b13-11+,14-12+,16-15+. The van der Waals surface area contributed by atoms with Crippen LogP contribution < -0.4 is 0 Å². The quantitative estimate of drug-likeness (QED) is 0.198. The summed E-state index contributed by atoms with van der Waals surface area (Å²) in [6, 6.07) is 26.5. The first kappa shape index (κ1) is 23.4. The lowest BCUT2D eigenvalue weighted by molar-refractivity contribution is 1.46. The second-order valence-electron chi connectivity index (χ2n) is 8.87. The van der Waals surface area contributed by atoms with Gasteiger partial charge in [-0.3, -0.25) is 0 Å². The molecule has 0 saturated carbocycles. The SMILES string of the molecule is Cc1ccc(/C=C/c2cc3sc(/C=C/c4cc5sc(/C=C/c6ccc(C)cc6)cc5s4)cc3s2)cc1. The van der Waals surface area contributed by atoms with Gasteiger partial charge >= 0.3 is 0 Å². The van der Waals surface area contributed by atoms with Crippen molar-refractivity contribution >= 4 is 101 Å². The minimum absolute atomic E-state index is 1.24. The van der Waals surface area contributed by atoms with Crippen molar-refractivity contribution in [2.24, 2.45) is 0 Å². The maximum atomic E-state index is 2.31. The van der Waals surface area contributed by atoms with Crippen molar-refractivity contribution in [3.8, 4) is 0 Å². The van der Waals surface area contributed by atoms with Crippen LogP contribution in [0.25, 0.3) is 55.3 Å². The molecule has 0 fully saturated rings. The van der Waals surface area contributed by atoms with Crippen molar-refractivity contribution in [1.29, 1.82) is 0 Å². The summed E-state index contributed by atoms with van der Waals surface area (Å²) in [6.45, 7) is 4.24. The predicted octanol–water partition coefficient (Wildman–Crippen LogP) is 11.4. The number of rotatable bonds is 6. The van der Waals surface area contributed by atoms with Gasteiger partial charge in [0.2, 0.25) is 0 Å². The van der Waals surface area contributed by atoms with E-state index in [1.165, 1.54) is 60.6 Å². The molecule has 0 bridgehead atoms. The second-order valence-corrected chi connectivity index (χ2v) is 13.3. The molecule has 0 aliphatic rings. The summed E-state index contributed by atoms with van der Waals surface area (Å²) >= 11 is 7.45. The van der Waals surface area contributed by atoms with E-state index in [9.17, 15) is 0 Å². The average molecular weight is 537 g/mol. The molecular formula is C32H24S4. The summed E-state index contributed by atoms with van der Waals surface area (Å²) < 4.78 is 5.45. The molecule has 0 unspecified atom stereocenters. The monoisotopic (exact) mass is 536 g/mol. The van der Waals surface area contributed by atoms with E-state index in [0.29, 0.717) is 0 Å². The first-order valence-corrected chi connectivity index (χ1v) is 15.1. The molecule has 6 rings (SSSR count). The Balaban J connectivity index is 1.13. The van der Waals surface area contributed by atoms with Crippen LogP contribution in [0.3, 0.4) is 0 Å². The number of aryl methyl sites for hydroxylation is 2. The van der Waals surface area contributed by atoms with Crippen molar-refractivity contribution in [1.82, 2.24) is 0 Å². The first-order valence-electron chi connectivity index (χ1n) is 11.8. The normalized spacial score (nSPS) is 12.4. The third kappa shape index (κ3) is 5.37. The molecule has 0 saturated heterocycles. The molecule has 0 radical (unpaired) electrons. The van der Waals surface area contributed by atoms with E-state index in [0.717, 1.165) is 0 Å². The Labute approximate surface area is 227 Å². The van der Waals surface area contributed by atoms with E-state index in [1.54, 1.807) is 0 Å². The minimum Gasteiger partial charge on any atom is -0.135 e. The average Bonchev–Trinajstić information content (AvgIpc) is 3.61. The number of thiophene rings is 4. The van der Waals surface area contributed by atoms with E-state index in [1.807, 2.05) is 45.3 Å². The van der Waals surface area contributed by atoms with Crippen LogP contribution in [0.5, 0.6) is 0 Å². The summed E-state index contributed by atoms with van der Waals surface area (Å²) in [5.41, 5.74) is 5.07. The third-order valence-corrected chi connectivity index (χ3v) is 10.4. The summed E-state index contributed by atoms with van der Waals surface area (Å²) in [5, 5.41) is 0. The molecule has 0 atom stereocenters.